The van der Waals surface area contributed by atoms with E-state index >= 15 is 0 Å². The molecule has 0 saturated carbocycles. The average molecular weight is 199 g/mol. The lowest BCUT2D eigenvalue weighted by molar-refractivity contribution is 0.540. The highest BCUT2D eigenvalue weighted by molar-refractivity contribution is 6.80. The molecule has 0 rings (SSSR count). The van der Waals surface area contributed by atoms with Crippen molar-refractivity contribution in [3.05, 3.63) is 11.8 Å². The van der Waals surface area contributed by atoms with Crippen molar-refractivity contribution in [2.24, 2.45) is 5.92 Å². The quantitative estimate of drug-likeness (QED) is 0.432. The summed E-state index contributed by atoms with van der Waals surface area (Å²) in [6, 6.07) is 0. The largest absolute Gasteiger partial charge is 0.0989 e. The number of allylic oxidation sites excluding steroid dienone is 1. The highest BCUT2D eigenvalue weighted by Crippen LogP contribution is 2.09. The fraction of sp³-hybridized carbons (Fsp3) is 0.833. The van der Waals surface area contributed by atoms with Crippen molar-refractivity contribution in [2.75, 3.05) is 0 Å². The first kappa shape index (κ1) is 11.0. The molecule has 0 nitrogen and oxygen atoms in total. The zero-order valence-corrected chi connectivity index (χ0v) is 10.9. The Morgan fingerprint density at radius 3 is 2.31 bits per heavy atom. The molecule has 0 aliphatic carbocycles. The number of hydrogen-bond donors (Lipinski definition) is 0. The maximum absolute atomic E-state index is 7.77. The highest BCUT2D eigenvalue weighted by atomic mass is 28.3. The van der Waals surface area contributed by atoms with Crippen molar-refractivity contribution in [1.82, 2.24) is 0 Å². The number of unbranched alkanes of at least 4 members (excludes halogenated alkanes) is 1. The third-order valence-electron chi connectivity index (χ3n) is 1.83. The predicted molar refractivity (Wildman–Crippen MR) is 65.8 cm³/mol. The molecule has 0 aromatic carbocycles. The van der Waals surface area contributed by atoms with Crippen LogP contribution >= 0.6 is 0 Å². The molecule has 1 heteroatoms. The standard InChI is InChI=1S/C12H26Si/c1-12(2)10-8-6-7-9-11-13(3,4)5/h9,11-12H,6-8,10H2,1-5H3/b11-9-/i10D. The van der Waals surface area contributed by atoms with Crippen molar-refractivity contribution >= 4 is 8.07 Å². The van der Waals surface area contributed by atoms with Gasteiger partial charge in [-0.05, 0) is 18.8 Å². The third-order valence-corrected chi connectivity index (χ3v) is 3.07. The second kappa shape index (κ2) is 6.42. The Balaban J connectivity index is 3.52. The highest BCUT2D eigenvalue weighted by Gasteiger charge is 2.05. The van der Waals surface area contributed by atoms with Gasteiger partial charge in [0.2, 0.25) is 0 Å². The summed E-state index contributed by atoms with van der Waals surface area (Å²) in [4.78, 5) is 0. The van der Waals surface area contributed by atoms with E-state index in [2.05, 4.69) is 45.3 Å². The fourth-order valence-corrected chi connectivity index (χ4v) is 2.00. The molecule has 0 bridgehead atoms. The zero-order chi connectivity index (χ0) is 11.2. The summed E-state index contributed by atoms with van der Waals surface area (Å²) in [7, 11) is -0.984. The van der Waals surface area contributed by atoms with Gasteiger partial charge >= 0.3 is 0 Å². The van der Waals surface area contributed by atoms with Crippen molar-refractivity contribution in [3.63, 3.8) is 0 Å². The van der Waals surface area contributed by atoms with Gasteiger partial charge in [-0.1, -0.05) is 58.1 Å². The predicted octanol–water partition coefficient (Wildman–Crippen LogP) is 4.64. The van der Waals surface area contributed by atoms with Gasteiger partial charge < -0.3 is 0 Å². The zero-order valence-electron chi connectivity index (χ0n) is 10.9. The topological polar surface area (TPSA) is 0 Å². The van der Waals surface area contributed by atoms with E-state index in [1.807, 2.05) is 0 Å². The summed E-state index contributed by atoms with van der Waals surface area (Å²) in [6.07, 6.45) is 5.84. The summed E-state index contributed by atoms with van der Waals surface area (Å²) in [5, 5.41) is 0. The third kappa shape index (κ3) is 12.0. The molecule has 0 aliphatic rings. The Morgan fingerprint density at radius 2 is 1.85 bits per heavy atom. The van der Waals surface area contributed by atoms with Gasteiger partial charge in [0, 0.05) is 1.37 Å². The minimum Gasteiger partial charge on any atom is -0.0989 e. The van der Waals surface area contributed by atoms with Gasteiger partial charge in [-0.2, -0.15) is 0 Å². The Morgan fingerprint density at radius 1 is 1.23 bits per heavy atom. The minimum absolute atomic E-state index is 0.135. The van der Waals surface area contributed by atoms with Gasteiger partial charge in [-0.3, -0.25) is 0 Å². The van der Waals surface area contributed by atoms with Crippen LogP contribution in [0.25, 0.3) is 0 Å². The molecule has 0 amide bonds. The lowest BCUT2D eigenvalue weighted by atomic mass is 10.1. The van der Waals surface area contributed by atoms with Gasteiger partial charge in [-0.25, -0.2) is 0 Å². The molecule has 1 atom stereocenters. The summed E-state index contributed by atoms with van der Waals surface area (Å²) < 4.78 is 7.77. The molecule has 0 fully saturated rings. The van der Waals surface area contributed by atoms with E-state index in [1.165, 1.54) is 6.42 Å². The Kier molecular flexibility index (Phi) is 5.45. The van der Waals surface area contributed by atoms with E-state index in [0.29, 0.717) is 5.92 Å². The van der Waals surface area contributed by atoms with E-state index in [9.17, 15) is 0 Å². The first-order chi connectivity index (χ1) is 6.33. The van der Waals surface area contributed by atoms with Gasteiger partial charge in [0.15, 0.2) is 0 Å². The van der Waals surface area contributed by atoms with Gasteiger partial charge in [0.1, 0.15) is 0 Å². The monoisotopic (exact) mass is 199 g/mol. The van der Waals surface area contributed by atoms with Crippen molar-refractivity contribution in [1.29, 1.82) is 0 Å². The Bertz CT molecular complexity index is 168. The molecule has 0 radical (unpaired) electrons. The number of hydrogen-bond acceptors (Lipinski definition) is 0. The summed E-state index contributed by atoms with van der Waals surface area (Å²) in [5.41, 5.74) is 2.40. The van der Waals surface area contributed by atoms with Crippen LogP contribution in [-0.2, 0) is 0 Å². The molecule has 0 N–H and O–H groups in total. The molecule has 0 saturated heterocycles. The summed E-state index contributed by atoms with van der Waals surface area (Å²) in [6.45, 7) is 11.3. The van der Waals surface area contributed by atoms with Crippen LogP contribution in [0.2, 0.25) is 19.6 Å². The van der Waals surface area contributed by atoms with Crippen molar-refractivity contribution in [3.8, 4) is 0 Å². The molecular weight excluding hydrogens is 172 g/mol. The van der Waals surface area contributed by atoms with E-state index in [4.69, 9.17) is 1.37 Å². The van der Waals surface area contributed by atoms with Crippen molar-refractivity contribution in [2.45, 2.75) is 59.1 Å². The maximum Gasteiger partial charge on any atom is 0.0682 e. The minimum atomic E-state index is -0.984. The van der Waals surface area contributed by atoms with Crippen LogP contribution in [0.5, 0.6) is 0 Å². The lowest BCUT2D eigenvalue weighted by Crippen LogP contribution is -2.15. The molecule has 13 heavy (non-hydrogen) atoms. The molecule has 0 aliphatic heterocycles. The van der Waals surface area contributed by atoms with Gasteiger partial charge in [0.05, 0.1) is 8.07 Å². The molecule has 0 spiro atoms. The average Bonchev–Trinajstić information content (AvgIpc) is 2.01. The lowest BCUT2D eigenvalue weighted by Gasteiger charge is -2.08. The molecule has 0 aromatic rings. The van der Waals surface area contributed by atoms with E-state index < -0.39 is 8.07 Å². The Hall–Kier alpha value is -0.0431. The first-order valence-corrected chi connectivity index (χ1v) is 9.00. The van der Waals surface area contributed by atoms with E-state index in [1.54, 1.807) is 0 Å². The SMILES string of the molecule is [2H]C(CCC/C=C\[Si](C)(C)C)C(C)C. The molecule has 0 aromatic heterocycles. The van der Waals surface area contributed by atoms with Crippen LogP contribution in [0.1, 0.15) is 40.9 Å². The van der Waals surface area contributed by atoms with Gasteiger partial charge in [-0.15, -0.1) is 0 Å². The van der Waals surface area contributed by atoms with Crippen LogP contribution in [-0.4, -0.2) is 8.07 Å². The fourth-order valence-electron chi connectivity index (χ4n) is 1.12. The van der Waals surface area contributed by atoms with Crippen molar-refractivity contribution < 1.29 is 1.37 Å². The van der Waals surface area contributed by atoms with Crippen LogP contribution in [0.15, 0.2) is 11.8 Å². The summed E-state index contributed by atoms with van der Waals surface area (Å²) >= 11 is 0. The maximum atomic E-state index is 7.77. The van der Waals surface area contributed by atoms with Crippen LogP contribution in [0.3, 0.4) is 0 Å². The smallest absolute Gasteiger partial charge is 0.0682 e. The van der Waals surface area contributed by atoms with Crippen LogP contribution in [0, 0.1) is 5.92 Å². The van der Waals surface area contributed by atoms with Gasteiger partial charge in [0.25, 0.3) is 0 Å². The molecular formula is C12H26Si. The second-order valence-corrected chi connectivity index (χ2v) is 10.2. The Labute approximate surface area is 86.8 Å². The second-order valence-electron chi connectivity index (χ2n) is 5.18. The van der Waals surface area contributed by atoms with Crippen LogP contribution < -0.4 is 0 Å². The van der Waals surface area contributed by atoms with E-state index in [0.717, 1.165) is 12.8 Å². The first-order valence-electron chi connectivity index (χ1n) is 6.00. The molecule has 0 heterocycles. The van der Waals surface area contributed by atoms with Crippen LogP contribution in [0.4, 0.5) is 0 Å². The number of rotatable bonds is 6. The summed E-state index contributed by atoms with van der Waals surface area (Å²) in [5.74, 6) is 0.510. The molecule has 1 unspecified atom stereocenters. The van der Waals surface area contributed by atoms with E-state index in [-0.39, 0.29) is 6.40 Å². The molecule has 78 valence electrons. The normalized spacial score (nSPS) is 16.6.